The summed E-state index contributed by atoms with van der Waals surface area (Å²) in [6.07, 6.45) is 1.04. The molecule has 0 radical (unpaired) electrons. The topological polar surface area (TPSA) is 83.6 Å². The third-order valence-electron chi connectivity index (χ3n) is 4.19. The summed E-state index contributed by atoms with van der Waals surface area (Å²) in [6.45, 7) is 6.84. The quantitative estimate of drug-likeness (QED) is 0.770. The Balaban J connectivity index is 2.27. The molecule has 1 amide bonds. The molecule has 0 aliphatic rings. The molecule has 0 unspecified atom stereocenters. The number of Topliss-reactive ketones (excluding diaryl/α,β-unsaturated/α-hetero) is 1. The Labute approximate surface area is 160 Å². The second-order valence-corrected chi connectivity index (χ2v) is 8.60. The summed E-state index contributed by atoms with van der Waals surface area (Å²) in [5.74, 6) is -0.554. The molecule has 0 heterocycles. The number of benzene rings is 2. The summed E-state index contributed by atoms with van der Waals surface area (Å²) >= 11 is 0. The fraction of sp³-hybridized carbons (Fsp3) is 0.300. The number of anilines is 2. The maximum absolute atomic E-state index is 12.5. The van der Waals surface area contributed by atoms with Crippen LogP contribution in [0.1, 0.15) is 34.0 Å². The normalized spacial score (nSPS) is 11.1. The number of nitrogens with one attached hydrogen (secondary N) is 1. The molecular formula is C20H24N2O4S. The van der Waals surface area contributed by atoms with Gasteiger partial charge in [-0.15, -0.1) is 0 Å². The van der Waals surface area contributed by atoms with Crippen molar-refractivity contribution in [3.8, 4) is 0 Å². The largest absolute Gasteiger partial charge is 0.324 e. The number of ketones is 1. The van der Waals surface area contributed by atoms with Gasteiger partial charge in [-0.05, 0) is 63.1 Å². The molecule has 27 heavy (non-hydrogen) atoms. The molecule has 6 nitrogen and oxygen atoms in total. The molecule has 0 aliphatic heterocycles. The number of carbonyl (C=O) groups is 2. The molecule has 0 aliphatic carbocycles. The van der Waals surface area contributed by atoms with Gasteiger partial charge in [-0.2, -0.15) is 0 Å². The number of carbonyl (C=O) groups excluding carboxylic acids is 2. The molecular weight excluding hydrogens is 364 g/mol. The van der Waals surface area contributed by atoms with Crippen molar-refractivity contribution in [2.75, 3.05) is 22.4 Å². The second-order valence-electron chi connectivity index (χ2n) is 6.69. The lowest BCUT2D eigenvalue weighted by atomic mass is 10.1. The summed E-state index contributed by atoms with van der Waals surface area (Å²) in [6, 6.07) is 10.0. The van der Waals surface area contributed by atoms with E-state index in [0.717, 1.165) is 27.3 Å². The minimum atomic E-state index is -3.68. The highest BCUT2D eigenvalue weighted by molar-refractivity contribution is 7.92. The Kier molecular flexibility index (Phi) is 6.05. The summed E-state index contributed by atoms with van der Waals surface area (Å²) in [5, 5.41) is 2.81. The van der Waals surface area contributed by atoms with E-state index < -0.39 is 15.9 Å². The summed E-state index contributed by atoms with van der Waals surface area (Å²) in [5.41, 5.74) is 4.41. The Morgan fingerprint density at radius 3 is 1.96 bits per heavy atom. The van der Waals surface area contributed by atoms with Crippen molar-refractivity contribution in [3.05, 3.63) is 58.7 Å². The van der Waals surface area contributed by atoms with Crippen LogP contribution in [0.5, 0.6) is 0 Å². The summed E-state index contributed by atoms with van der Waals surface area (Å²) in [4.78, 5) is 23.9. The number of rotatable bonds is 6. The van der Waals surface area contributed by atoms with Crippen molar-refractivity contribution in [1.29, 1.82) is 0 Å². The average molecular weight is 388 g/mol. The van der Waals surface area contributed by atoms with Gasteiger partial charge in [0.2, 0.25) is 15.9 Å². The van der Waals surface area contributed by atoms with Gasteiger partial charge >= 0.3 is 0 Å². The summed E-state index contributed by atoms with van der Waals surface area (Å²) in [7, 11) is -3.68. The second kappa shape index (κ2) is 7.92. The van der Waals surface area contributed by atoms with Gasteiger partial charge < -0.3 is 5.32 Å². The van der Waals surface area contributed by atoms with Crippen LogP contribution in [-0.2, 0) is 14.8 Å². The molecule has 0 atom stereocenters. The molecule has 1 N–H and O–H groups in total. The SMILES string of the molecule is CC(=O)c1ccc(N(CC(=O)Nc2c(C)cc(C)cc2C)S(C)(=O)=O)cc1. The number of sulfonamides is 1. The lowest BCUT2D eigenvalue weighted by molar-refractivity contribution is -0.114. The third kappa shape index (κ3) is 5.17. The van der Waals surface area contributed by atoms with Crippen LogP contribution in [0.2, 0.25) is 0 Å². The molecule has 2 aromatic carbocycles. The molecule has 0 saturated carbocycles. The lowest BCUT2D eigenvalue weighted by Crippen LogP contribution is -2.37. The lowest BCUT2D eigenvalue weighted by Gasteiger charge is -2.22. The highest BCUT2D eigenvalue weighted by Crippen LogP contribution is 2.23. The Morgan fingerprint density at radius 2 is 1.52 bits per heavy atom. The predicted octanol–water partition coefficient (Wildman–Crippen LogP) is 3.22. The van der Waals surface area contributed by atoms with Crippen molar-refractivity contribution >= 4 is 33.1 Å². The number of amides is 1. The zero-order chi connectivity index (χ0) is 20.4. The van der Waals surface area contributed by atoms with Crippen LogP contribution in [0.3, 0.4) is 0 Å². The molecule has 0 fully saturated rings. The standard InChI is InChI=1S/C20H24N2O4S/c1-13-10-14(2)20(15(3)11-13)21-19(24)12-22(27(5,25)26)18-8-6-17(7-9-18)16(4)23/h6-11H,12H2,1-5H3,(H,21,24). The number of nitrogens with zero attached hydrogens (tertiary/aromatic N) is 1. The average Bonchev–Trinajstić information content (AvgIpc) is 2.55. The van der Waals surface area contributed by atoms with Crippen molar-refractivity contribution in [2.45, 2.75) is 27.7 Å². The predicted molar refractivity (Wildman–Crippen MR) is 108 cm³/mol. The molecule has 144 valence electrons. The molecule has 0 spiro atoms. The van der Waals surface area contributed by atoms with E-state index in [4.69, 9.17) is 0 Å². The van der Waals surface area contributed by atoms with E-state index in [2.05, 4.69) is 5.32 Å². The Morgan fingerprint density at radius 1 is 1.00 bits per heavy atom. The molecule has 2 aromatic rings. The van der Waals surface area contributed by atoms with E-state index in [-0.39, 0.29) is 12.3 Å². The first-order valence-electron chi connectivity index (χ1n) is 8.45. The van der Waals surface area contributed by atoms with E-state index in [1.165, 1.54) is 19.1 Å². The van der Waals surface area contributed by atoms with Crippen molar-refractivity contribution < 1.29 is 18.0 Å². The van der Waals surface area contributed by atoms with Gasteiger partial charge in [-0.25, -0.2) is 8.42 Å². The van der Waals surface area contributed by atoms with Gasteiger partial charge in [0.15, 0.2) is 5.78 Å². The smallest absolute Gasteiger partial charge is 0.245 e. The fourth-order valence-corrected chi connectivity index (χ4v) is 3.81. The first-order chi connectivity index (χ1) is 12.5. The minimum absolute atomic E-state index is 0.115. The van der Waals surface area contributed by atoms with Crippen LogP contribution in [0, 0.1) is 20.8 Å². The van der Waals surface area contributed by atoms with Gasteiger partial charge in [0.25, 0.3) is 0 Å². The first kappa shape index (κ1) is 20.6. The number of hydrogen-bond acceptors (Lipinski definition) is 4. The van der Waals surface area contributed by atoms with Crippen LogP contribution in [0.4, 0.5) is 11.4 Å². The van der Waals surface area contributed by atoms with Crippen molar-refractivity contribution in [3.63, 3.8) is 0 Å². The van der Waals surface area contributed by atoms with E-state index in [1.54, 1.807) is 12.1 Å². The Hall–Kier alpha value is -2.67. The fourth-order valence-electron chi connectivity index (χ4n) is 2.95. The van der Waals surface area contributed by atoms with Gasteiger partial charge in [0.05, 0.1) is 11.9 Å². The third-order valence-corrected chi connectivity index (χ3v) is 5.33. The van der Waals surface area contributed by atoms with Gasteiger partial charge in [-0.3, -0.25) is 13.9 Å². The zero-order valence-corrected chi connectivity index (χ0v) is 17.0. The van der Waals surface area contributed by atoms with E-state index >= 15 is 0 Å². The van der Waals surface area contributed by atoms with Crippen LogP contribution in [-0.4, -0.2) is 32.9 Å². The maximum atomic E-state index is 12.5. The molecule has 0 saturated heterocycles. The van der Waals surface area contributed by atoms with Crippen LogP contribution >= 0.6 is 0 Å². The monoisotopic (exact) mass is 388 g/mol. The minimum Gasteiger partial charge on any atom is -0.324 e. The van der Waals surface area contributed by atoms with E-state index in [1.807, 2.05) is 32.9 Å². The van der Waals surface area contributed by atoms with E-state index in [9.17, 15) is 18.0 Å². The molecule has 2 rings (SSSR count). The van der Waals surface area contributed by atoms with Gasteiger partial charge in [0, 0.05) is 11.3 Å². The first-order valence-corrected chi connectivity index (χ1v) is 10.3. The van der Waals surface area contributed by atoms with Crippen LogP contribution in [0.15, 0.2) is 36.4 Å². The maximum Gasteiger partial charge on any atom is 0.245 e. The van der Waals surface area contributed by atoms with Crippen molar-refractivity contribution in [1.82, 2.24) is 0 Å². The van der Waals surface area contributed by atoms with Crippen molar-refractivity contribution in [2.24, 2.45) is 0 Å². The molecule has 7 heteroatoms. The van der Waals surface area contributed by atoms with Gasteiger partial charge in [-0.1, -0.05) is 17.7 Å². The number of hydrogen-bond donors (Lipinski definition) is 1. The highest BCUT2D eigenvalue weighted by atomic mass is 32.2. The van der Waals surface area contributed by atoms with E-state index in [0.29, 0.717) is 16.9 Å². The number of aryl methyl sites for hydroxylation is 3. The van der Waals surface area contributed by atoms with Crippen LogP contribution < -0.4 is 9.62 Å². The molecule has 0 bridgehead atoms. The van der Waals surface area contributed by atoms with Crippen LogP contribution in [0.25, 0.3) is 0 Å². The van der Waals surface area contributed by atoms with Gasteiger partial charge in [0.1, 0.15) is 6.54 Å². The highest BCUT2D eigenvalue weighted by Gasteiger charge is 2.21. The molecule has 0 aromatic heterocycles. The Bertz CT molecular complexity index is 957. The summed E-state index contributed by atoms with van der Waals surface area (Å²) < 4.78 is 25.4. The zero-order valence-electron chi connectivity index (χ0n) is 16.2.